The maximum absolute atomic E-state index is 13.8. The first-order valence-corrected chi connectivity index (χ1v) is 7.08. The zero-order chi connectivity index (χ0) is 15.2. The van der Waals surface area contributed by atoms with Crippen LogP contribution in [0, 0.1) is 5.41 Å². The first-order valence-electron chi connectivity index (χ1n) is 7.08. The molecular weight excluding hydrogens is 267 g/mol. The molecular formula is C16H19FN4. The summed E-state index contributed by atoms with van der Waals surface area (Å²) in [5, 5.41) is 10.6. The van der Waals surface area contributed by atoms with Crippen molar-refractivity contribution < 1.29 is 4.39 Å². The Morgan fingerprint density at radius 2 is 2.24 bits per heavy atom. The van der Waals surface area contributed by atoms with E-state index in [1.165, 1.54) is 6.20 Å². The summed E-state index contributed by atoms with van der Waals surface area (Å²) < 4.78 is 16.0. The van der Waals surface area contributed by atoms with Crippen LogP contribution in [0.3, 0.4) is 0 Å². The number of hydrogen-bond donors (Lipinski definition) is 2. The molecule has 2 N–H and O–H groups in total. The van der Waals surface area contributed by atoms with Crippen molar-refractivity contribution in [2.45, 2.75) is 32.2 Å². The Balaban J connectivity index is 2.13. The number of aromatic nitrogens is 2. The third-order valence-corrected chi connectivity index (χ3v) is 4.09. The fourth-order valence-corrected chi connectivity index (χ4v) is 2.99. The normalized spacial score (nSPS) is 17.0. The van der Waals surface area contributed by atoms with Gasteiger partial charge in [0.25, 0.3) is 0 Å². The summed E-state index contributed by atoms with van der Waals surface area (Å²) in [6.07, 6.45) is 3.21. The molecule has 1 aromatic carbocycles. The van der Waals surface area contributed by atoms with Gasteiger partial charge in [-0.25, -0.2) is 9.37 Å². The Morgan fingerprint density at radius 1 is 1.48 bits per heavy atom. The molecule has 0 amide bonds. The van der Waals surface area contributed by atoms with Gasteiger partial charge in [0.05, 0.1) is 16.7 Å². The average molecular weight is 286 g/mol. The Hall–Kier alpha value is -2.17. The van der Waals surface area contributed by atoms with Gasteiger partial charge in [-0.2, -0.15) is 0 Å². The van der Waals surface area contributed by atoms with Crippen LogP contribution in [0.25, 0.3) is 11.0 Å². The number of benzene rings is 1. The first-order chi connectivity index (χ1) is 9.94. The number of hydrogen-bond acceptors (Lipinski definition) is 3. The smallest absolute Gasteiger partial charge is 0.164 e. The van der Waals surface area contributed by atoms with E-state index in [0.29, 0.717) is 5.56 Å². The highest BCUT2D eigenvalue weighted by Gasteiger charge is 2.32. The summed E-state index contributed by atoms with van der Waals surface area (Å²) in [5.74, 6) is 0.502. The van der Waals surface area contributed by atoms with Gasteiger partial charge in [-0.15, -0.1) is 0 Å². The predicted octanol–water partition coefficient (Wildman–Crippen LogP) is 3.12. The van der Waals surface area contributed by atoms with E-state index in [1.54, 1.807) is 13.1 Å². The summed E-state index contributed by atoms with van der Waals surface area (Å²) in [5.41, 5.74) is 2.36. The van der Waals surface area contributed by atoms with Gasteiger partial charge >= 0.3 is 0 Å². The van der Waals surface area contributed by atoms with Gasteiger partial charge in [0.15, 0.2) is 5.83 Å². The Kier molecular flexibility index (Phi) is 3.08. The Bertz CT molecular complexity index is 755. The van der Waals surface area contributed by atoms with Crippen molar-refractivity contribution in [1.82, 2.24) is 14.9 Å². The molecule has 5 heteroatoms. The van der Waals surface area contributed by atoms with Crippen molar-refractivity contribution in [3.8, 4) is 0 Å². The van der Waals surface area contributed by atoms with Crippen LogP contribution in [-0.4, -0.2) is 22.3 Å². The highest BCUT2D eigenvalue weighted by Crippen LogP contribution is 2.35. The zero-order valence-electron chi connectivity index (χ0n) is 12.5. The molecule has 1 aliphatic heterocycles. The van der Waals surface area contributed by atoms with Crippen LogP contribution in [-0.2, 0) is 12.0 Å². The van der Waals surface area contributed by atoms with Gasteiger partial charge in [0, 0.05) is 30.8 Å². The second kappa shape index (κ2) is 4.69. The van der Waals surface area contributed by atoms with Gasteiger partial charge in [0.1, 0.15) is 5.82 Å². The zero-order valence-corrected chi connectivity index (χ0v) is 12.5. The van der Waals surface area contributed by atoms with Crippen molar-refractivity contribution in [3.63, 3.8) is 0 Å². The van der Waals surface area contributed by atoms with E-state index in [9.17, 15) is 4.39 Å². The van der Waals surface area contributed by atoms with Gasteiger partial charge in [-0.3, -0.25) is 5.41 Å². The lowest BCUT2D eigenvalue weighted by atomic mass is 10.0. The molecule has 0 saturated heterocycles. The maximum atomic E-state index is 13.8. The molecule has 0 spiro atoms. The van der Waals surface area contributed by atoms with Crippen molar-refractivity contribution >= 4 is 16.7 Å². The monoisotopic (exact) mass is 286 g/mol. The first kappa shape index (κ1) is 13.8. The highest BCUT2D eigenvalue weighted by atomic mass is 19.1. The number of aryl methyl sites for hydroxylation is 1. The molecule has 0 aliphatic carbocycles. The van der Waals surface area contributed by atoms with E-state index in [1.807, 2.05) is 12.1 Å². The molecule has 1 aromatic heterocycles. The van der Waals surface area contributed by atoms with E-state index in [4.69, 9.17) is 5.41 Å². The van der Waals surface area contributed by atoms with E-state index in [0.717, 1.165) is 29.7 Å². The standard InChI is InChI=1S/C16H19FN4/c1-16(2)7-6-14-20-12-5-4-10(8-13(12)21(14)16)15(18)11(17)9-19-3/h4-5,8-9,18-19H,6-7H2,1-3H3/b11-9+,18-15?. The van der Waals surface area contributed by atoms with Gasteiger partial charge in [-0.05, 0) is 32.4 Å². The second-order valence-electron chi connectivity index (χ2n) is 6.04. The van der Waals surface area contributed by atoms with E-state index < -0.39 is 5.83 Å². The molecule has 1 aliphatic rings. The van der Waals surface area contributed by atoms with Gasteiger partial charge in [0.2, 0.25) is 0 Å². The molecule has 2 aromatic rings. The molecule has 4 nitrogen and oxygen atoms in total. The average Bonchev–Trinajstić information content (AvgIpc) is 2.95. The number of nitrogens with one attached hydrogen (secondary N) is 2. The second-order valence-corrected chi connectivity index (χ2v) is 6.04. The SMILES string of the molecule is CN/C=C(/F)C(=N)c1ccc2nc3n(c2c1)C(C)(C)CC3. The molecule has 0 unspecified atom stereocenters. The lowest BCUT2D eigenvalue weighted by Gasteiger charge is -2.22. The van der Waals surface area contributed by atoms with E-state index in [2.05, 4.69) is 28.7 Å². The molecule has 0 bridgehead atoms. The third-order valence-electron chi connectivity index (χ3n) is 4.09. The van der Waals surface area contributed by atoms with Crippen LogP contribution in [0.1, 0.15) is 31.7 Å². The molecule has 3 rings (SSSR count). The van der Waals surface area contributed by atoms with Crippen molar-refractivity contribution in [2.75, 3.05) is 7.05 Å². The quantitative estimate of drug-likeness (QED) is 0.852. The molecule has 0 radical (unpaired) electrons. The number of rotatable bonds is 3. The van der Waals surface area contributed by atoms with E-state index >= 15 is 0 Å². The van der Waals surface area contributed by atoms with Crippen molar-refractivity contribution in [3.05, 3.63) is 41.6 Å². The van der Waals surface area contributed by atoms with Gasteiger partial charge < -0.3 is 9.88 Å². The molecule has 0 atom stereocenters. The van der Waals surface area contributed by atoms with Crippen LogP contribution in [0.15, 0.2) is 30.2 Å². The minimum absolute atomic E-state index is 0.0181. The molecule has 110 valence electrons. The number of halogens is 1. The topological polar surface area (TPSA) is 53.7 Å². The molecule has 0 fully saturated rings. The number of fused-ring (bicyclic) bond motifs is 3. The summed E-state index contributed by atoms with van der Waals surface area (Å²) >= 11 is 0. The molecule has 21 heavy (non-hydrogen) atoms. The highest BCUT2D eigenvalue weighted by molar-refractivity contribution is 6.10. The predicted molar refractivity (Wildman–Crippen MR) is 82.5 cm³/mol. The van der Waals surface area contributed by atoms with Crippen LogP contribution < -0.4 is 5.32 Å². The third kappa shape index (κ3) is 2.13. The van der Waals surface area contributed by atoms with Crippen LogP contribution in [0.5, 0.6) is 0 Å². The summed E-state index contributed by atoms with van der Waals surface area (Å²) in [6, 6.07) is 5.49. The minimum Gasteiger partial charge on any atom is -0.392 e. The van der Waals surface area contributed by atoms with Crippen molar-refractivity contribution in [2.24, 2.45) is 0 Å². The molecule has 2 heterocycles. The van der Waals surface area contributed by atoms with Crippen LogP contribution >= 0.6 is 0 Å². The fraction of sp³-hybridized carbons (Fsp3) is 0.375. The maximum Gasteiger partial charge on any atom is 0.164 e. The lowest BCUT2D eigenvalue weighted by molar-refractivity contribution is 0.386. The number of imidazole rings is 1. The Labute approximate surface area is 123 Å². The van der Waals surface area contributed by atoms with E-state index in [-0.39, 0.29) is 11.3 Å². The number of nitrogens with zero attached hydrogens (tertiary/aromatic N) is 2. The summed E-state index contributed by atoms with van der Waals surface area (Å²) in [6.45, 7) is 4.37. The largest absolute Gasteiger partial charge is 0.392 e. The minimum atomic E-state index is -0.572. The summed E-state index contributed by atoms with van der Waals surface area (Å²) in [7, 11) is 1.61. The molecule has 0 saturated carbocycles. The fourth-order valence-electron chi connectivity index (χ4n) is 2.99. The summed E-state index contributed by atoms with van der Waals surface area (Å²) in [4.78, 5) is 4.64. The van der Waals surface area contributed by atoms with Crippen LogP contribution in [0.2, 0.25) is 0 Å². The lowest BCUT2D eigenvalue weighted by Crippen LogP contribution is -2.21. The Morgan fingerprint density at radius 3 is 2.95 bits per heavy atom. The van der Waals surface area contributed by atoms with Gasteiger partial charge in [-0.1, -0.05) is 6.07 Å². The number of allylic oxidation sites excluding steroid dienone is 1. The van der Waals surface area contributed by atoms with Crippen LogP contribution in [0.4, 0.5) is 4.39 Å². The van der Waals surface area contributed by atoms with Crippen molar-refractivity contribution in [1.29, 1.82) is 5.41 Å².